The molecular formula is C13H19NO4. The average molecular weight is 253 g/mol. The molecule has 5 nitrogen and oxygen atoms in total. The number of nitrogens with one attached hydrogen (secondary N) is 1. The number of hydrogen-bond acceptors (Lipinski definition) is 5. The zero-order valence-electron chi connectivity index (χ0n) is 11.4. The average Bonchev–Trinajstić information content (AvgIpc) is 2.44. The summed E-state index contributed by atoms with van der Waals surface area (Å²) in [5.74, 6) is 0.851. The molecule has 0 aliphatic rings. The highest BCUT2D eigenvalue weighted by atomic mass is 16.5. The lowest BCUT2D eigenvalue weighted by Crippen LogP contribution is -2.45. The molecule has 1 atom stereocenters. The molecule has 0 heterocycles. The molecule has 0 spiro atoms. The van der Waals surface area contributed by atoms with Gasteiger partial charge in [0.2, 0.25) is 0 Å². The van der Waals surface area contributed by atoms with E-state index in [2.05, 4.69) is 5.32 Å². The predicted octanol–water partition coefficient (Wildman–Crippen LogP) is 1.31. The fraction of sp³-hybridized carbons (Fsp3) is 0.462. The Bertz CT molecular complexity index is 433. The Morgan fingerprint density at radius 3 is 2.33 bits per heavy atom. The highest BCUT2D eigenvalue weighted by Gasteiger charge is 2.37. The summed E-state index contributed by atoms with van der Waals surface area (Å²) in [7, 11) is 6.17. The van der Waals surface area contributed by atoms with Gasteiger partial charge in [-0.15, -0.1) is 0 Å². The summed E-state index contributed by atoms with van der Waals surface area (Å²) in [6.45, 7) is 1.74. The molecule has 1 aromatic rings. The molecule has 0 aromatic heterocycles. The molecule has 1 N–H and O–H groups in total. The quantitative estimate of drug-likeness (QED) is 0.802. The van der Waals surface area contributed by atoms with Crippen LogP contribution in [0.5, 0.6) is 11.5 Å². The lowest BCUT2D eigenvalue weighted by Gasteiger charge is -2.28. The smallest absolute Gasteiger partial charge is 0.330 e. The molecule has 0 radical (unpaired) electrons. The molecular weight excluding hydrogens is 234 g/mol. The first-order valence-corrected chi connectivity index (χ1v) is 5.53. The van der Waals surface area contributed by atoms with Crippen molar-refractivity contribution >= 4 is 5.97 Å². The van der Waals surface area contributed by atoms with Crippen molar-refractivity contribution in [2.45, 2.75) is 12.5 Å². The predicted molar refractivity (Wildman–Crippen MR) is 68.0 cm³/mol. The number of esters is 1. The maximum Gasteiger partial charge on any atom is 0.330 e. The number of methoxy groups -OCH3 is 3. The Hall–Kier alpha value is -1.75. The van der Waals surface area contributed by atoms with Crippen LogP contribution in [0.4, 0.5) is 0 Å². The van der Waals surface area contributed by atoms with Crippen LogP contribution in [0, 0.1) is 0 Å². The van der Waals surface area contributed by atoms with Crippen LogP contribution < -0.4 is 14.8 Å². The van der Waals surface area contributed by atoms with E-state index in [0.717, 1.165) is 0 Å². The topological polar surface area (TPSA) is 56.8 Å². The Morgan fingerprint density at radius 1 is 1.22 bits per heavy atom. The Balaban J connectivity index is 3.33. The van der Waals surface area contributed by atoms with Gasteiger partial charge in [0.1, 0.15) is 17.0 Å². The Kier molecular flexibility index (Phi) is 4.55. The molecule has 0 saturated heterocycles. The molecule has 1 aromatic carbocycles. The number of rotatable bonds is 5. The molecule has 5 heteroatoms. The summed E-state index contributed by atoms with van der Waals surface area (Å²) in [5, 5.41) is 2.96. The number of carbonyl (C=O) groups excluding carboxylic acids is 1. The van der Waals surface area contributed by atoms with Crippen LogP contribution in [0.3, 0.4) is 0 Å². The van der Waals surface area contributed by atoms with Gasteiger partial charge in [-0.05, 0) is 26.1 Å². The monoisotopic (exact) mass is 253 g/mol. The van der Waals surface area contributed by atoms with E-state index in [1.165, 1.54) is 7.11 Å². The van der Waals surface area contributed by atoms with Crippen molar-refractivity contribution in [3.8, 4) is 11.5 Å². The first-order valence-electron chi connectivity index (χ1n) is 5.53. The first-order chi connectivity index (χ1) is 8.53. The van der Waals surface area contributed by atoms with Gasteiger partial charge in [0, 0.05) is 11.6 Å². The summed E-state index contributed by atoms with van der Waals surface area (Å²) in [6, 6.07) is 5.29. The number of benzene rings is 1. The van der Waals surface area contributed by atoms with Gasteiger partial charge in [0.25, 0.3) is 0 Å². The number of hydrogen-bond donors (Lipinski definition) is 1. The van der Waals surface area contributed by atoms with Crippen molar-refractivity contribution in [1.82, 2.24) is 5.32 Å². The molecule has 0 aliphatic carbocycles. The zero-order chi connectivity index (χ0) is 13.8. The summed E-state index contributed by atoms with van der Waals surface area (Å²) >= 11 is 0. The van der Waals surface area contributed by atoms with Crippen molar-refractivity contribution in [1.29, 1.82) is 0 Å². The highest BCUT2D eigenvalue weighted by Crippen LogP contribution is 2.33. The molecule has 18 heavy (non-hydrogen) atoms. The van der Waals surface area contributed by atoms with Crippen LogP contribution in [0.1, 0.15) is 12.5 Å². The minimum Gasteiger partial charge on any atom is -0.497 e. The minimum absolute atomic E-state index is 0.381. The normalized spacial score (nSPS) is 13.6. The summed E-state index contributed by atoms with van der Waals surface area (Å²) in [4.78, 5) is 11.9. The highest BCUT2D eigenvalue weighted by molar-refractivity contribution is 5.83. The number of ether oxygens (including phenoxy) is 3. The molecule has 1 unspecified atom stereocenters. The second-order valence-electron chi connectivity index (χ2n) is 3.93. The maximum absolute atomic E-state index is 11.9. The van der Waals surface area contributed by atoms with E-state index < -0.39 is 5.54 Å². The third kappa shape index (κ3) is 2.41. The summed E-state index contributed by atoms with van der Waals surface area (Å²) < 4.78 is 15.3. The molecule has 0 bridgehead atoms. The molecule has 0 fully saturated rings. The molecule has 0 saturated carbocycles. The van der Waals surface area contributed by atoms with Crippen molar-refractivity contribution in [2.75, 3.05) is 28.4 Å². The van der Waals surface area contributed by atoms with Crippen molar-refractivity contribution in [3.05, 3.63) is 23.8 Å². The van der Waals surface area contributed by atoms with Gasteiger partial charge >= 0.3 is 5.97 Å². The molecule has 100 valence electrons. The molecule has 0 aliphatic heterocycles. The lowest BCUT2D eigenvalue weighted by molar-refractivity contribution is -0.148. The second-order valence-corrected chi connectivity index (χ2v) is 3.93. The van der Waals surface area contributed by atoms with Crippen molar-refractivity contribution in [2.24, 2.45) is 0 Å². The first kappa shape index (κ1) is 14.3. The Morgan fingerprint density at radius 2 is 1.89 bits per heavy atom. The van der Waals surface area contributed by atoms with E-state index in [1.54, 1.807) is 46.4 Å². The van der Waals surface area contributed by atoms with Crippen molar-refractivity contribution < 1.29 is 19.0 Å². The Labute approximate surface area is 107 Å². The van der Waals surface area contributed by atoms with E-state index in [-0.39, 0.29) is 5.97 Å². The van der Waals surface area contributed by atoms with Gasteiger partial charge in [0.05, 0.1) is 21.3 Å². The van der Waals surface area contributed by atoms with Gasteiger partial charge in [-0.1, -0.05) is 0 Å². The van der Waals surface area contributed by atoms with Gasteiger partial charge in [-0.25, -0.2) is 4.79 Å². The van der Waals surface area contributed by atoms with Crippen LogP contribution in [0.25, 0.3) is 0 Å². The van der Waals surface area contributed by atoms with E-state index in [4.69, 9.17) is 14.2 Å². The van der Waals surface area contributed by atoms with E-state index >= 15 is 0 Å². The molecule has 1 rings (SSSR count). The SMILES string of the molecule is CNC(C)(C(=O)OC)c1ccc(OC)cc1OC. The number of carbonyl (C=O) groups is 1. The minimum atomic E-state index is -0.966. The summed E-state index contributed by atoms with van der Waals surface area (Å²) in [5.41, 5.74) is -0.271. The van der Waals surface area contributed by atoms with Gasteiger partial charge in [0.15, 0.2) is 0 Å². The van der Waals surface area contributed by atoms with Gasteiger partial charge < -0.3 is 19.5 Å². The molecule has 0 amide bonds. The maximum atomic E-state index is 11.9. The third-order valence-corrected chi connectivity index (χ3v) is 3.04. The largest absolute Gasteiger partial charge is 0.497 e. The lowest BCUT2D eigenvalue weighted by atomic mass is 9.91. The van der Waals surface area contributed by atoms with E-state index in [9.17, 15) is 4.79 Å². The summed E-state index contributed by atoms with van der Waals surface area (Å²) in [6.07, 6.45) is 0. The van der Waals surface area contributed by atoms with Crippen LogP contribution in [0.2, 0.25) is 0 Å². The third-order valence-electron chi connectivity index (χ3n) is 3.04. The standard InChI is InChI=1S/C13H19NO4/c1-13(14-2,12(15)18-5)10-7-6-9(16-3)8-11(10)17-4/h6-8,14H,1-5H3. The van der Waals surface area contributed by atoms with Crippen LogP contribution >= 0.6 is 0 Å². The van der Waals surface area contributed by atoms with E-state index in [0.29, 0.717) is 17.1 Å². The van der Waals surface area contributed by atoms with Crippen molar-refractivity contribution in [3.63, 3.8) is 0 Å². The number of likely N-dealkylation sites (N-methyl/N-ethyl adjacent to an activating group) is 1. The van der Waals surface area contributed by atoms with Crippen LogP contribution in [-0.4, -0.2) is 34.3 Å². The van der Waals surface area contributed by atoms with Crippen LogP contribution in [-0.2, 0) is 15.1 Å². The van der Waals surface area contributed by atoms with Crippen LogP contribution in [0.15, 0.2) is 18.2 Å². The fourth-order valence-electron chi connectivity index (χ4n) is 1.76. The van der Waals surface area contributed by atoms with Gasteiger partial charge in [-0.2, -0.15) is 0 Å². The van der Waals surface area contributed by atoms with Gasteiger partial charge in [-0.3, -0.25) is 0 Å². The van der Waals surface area contributed by atoms with E-state index in [1.807, 2.05) is 0 Å². The zero-order valence-corrected chi connectivity index (χ0v) is 11.4. The second kappa shape index (κ2) is 5.73. The fourth-order valence-corrected chi connectivity index (χ4v) is 1.76.